The fourth-order valence-electron chi connectivity index (χ4n) is 2.42. The van der Waals surface area contributed by atoms with Crippen molar-refractivity contribution in [2.45, 2.75) is 79.1 Å². The van der Waals surface area contributed by atoms with Gasteiger partial charge in [-0.25, -0.2) is 4.79 Å². The number of carboxylic acids is 1. The molecule has 28 heavy (non-hydrogen) atoms. The maximum absolute atomic E-state index is 12.6. The summed E-state index contributed by atoms with van der Waals surface area (Å²) in [6, 6.07) is -3.61. The van der Waals surface area contributed by atoms with Crippen molar-refractivity contribution in [3.63, 3.8) is 0 Å². The van der Waals surface area contributed by atoms with Crippen LogP contribution in [-0.4, -0.2) is 53.0 Å². The molecule has 9 nitrogen and oxygen atoms in total. The molecule has 0 saturated carbocycles. The molecular weight excluding hydrogens is 364 g/mol. The molecular formula is C19H36N4O5. The van der Waals surface area contributed by atoms with E-state index in [0.29, 0.717) is 6.42 Å². The van der Waals surface area contributed by atoms with Crippen molar-refractivity contribution in [2.24, 2.45) is 23.5 Å². The van der Waals surface area contributed by atoms with Gasteiger partial charge in [-0.2, -0.15) is 0 Å². The second-order valence-corrected chi connectivity index (χ2v) is 7.94. The Kier molecular flexibility index (Phi) is 10.7. The summed E-state index contributed by atoms with van der Waals surface area (Å²) in [6.45, 7) is 12.1. The predicted molar refractivity (Wildman–Crippen MR) is 106 cm³/mol. The van der Waals surface area contributed by atoms with E-state index in [-0.39, 0.29) is 17.8 Å². The van der Waals surface area contributed by atoms with Gasteiger partial charge < -0.3 is 26.8 Å². The van der Waals surface area contributed by atoms with Gasteiger partial charge in [-0.15, -0.1) is 0 Å². The molecule has 0 aliphatic carbocycles. The first-order valence-corrected chi connectivity index (χ1v) is 9.72. The van der Waals surface area contributed by atoms with Crippen molar-refractivity contribution in [2.75, 3.05) is 0 Å². The molecule has 9 heteroatoms. The van der Waals surface area contributed by atoms with Gasteiger partial charge in [0.25, 0.3) is 0 Å². The summed E-state index contributed by atoms with van der Waals surface area (Å²) < 4.78 is 0. The van der Waals surface area contributed by atoms with Crippen LogP contribution >= 0.6 is 0 Å². The molecule has 0 aromatic rings. The smallest absolute Gasteiger partial charge is 0.326 e. The van der Waals surface area contributed by atoms with Crippen LogP contribution in [0.3, 0.4) is 0 Å². The number of amides is 3. The number of rotatable bonds is 11. The maximum Gasteiger partial charge on any atom is 0.326 e. The molecule has 0 radical (unpaired) electrons. The van der Waals surface area contributed by atoms with Crippen LogP contribution in [0.4, 0.5) is 0 Å². The number of aliphatic carboxylic acids is 1. The molecule has 162 valence electrons. The summed E-state index contributed by atoms with van der Waals surface area (Å²) in [7, 11) is 0. The molecule has 0 aliphatic rings. The molecule has 0 unspecified atom stereocenters. The first-order valence-electron chi connectivity index (χ1n) is 9.72. The lowest BCUT2D eigenvalue weighted by Gasteiger charge is -2.27. The standard InChI is InChI=1S/C19H36N4O5/c1-8-11(6)15(19(27)28)23-18(26)14(10(4)5)22-16(24)12(7)21-17(25)13(20)9(2)3/h9-15H,8,20H2,1-7H3,(H,21,25)(H,22,24)(H,23,26)(H,27,28)/t11-,12-,13-,14-,15-/m0/s1. The van der Waals surface area contributed by atoms with Crippen LogP contribution in [0.25, 0.3) is 0 Å². The summed E-state index contributed by atoms with van der Waals surface area (Å²) >= 11 is 0. The summed E-state index contributed by atoms with van der Waals surface area (Å²) in [5.41, 5.74) is 5.77. The molecule has 5 atom stereocenters. The Morgan fingerprint density at radius 1 is 0.786 bits per heavy atom. The molecule has 6 N–H and O–H groups in total. The Morgan fingerprint density at radius 3 is 1.68 bits per heavy atom. The number of carboxylic acid groups (broad SMARTS) is 1. The van der Waals surface area contributed by atoms with Crippen LogP contribution in [0, 0.1) is 17.8 Å². The highest BCUT2D eigenvalue weighted by molar-refractivity contribution is 5.94. The fourth-order valence-corrected chi connectivity index (χ4v) is 2.42. The van der Waals surface area contributed by atoms with Crippen LogP contribution in [0.2, 0.25) is 0 Å². The third-order valence-corrected chi connectivity index (χ3v) is 4.80. The zero-order chi connectivity index (χ0) is 22.2. The van der Waals surface area contributed by atoms with Crippen LogP contribution < -0.4 is 21.7 Å². The summed E-state index contributed by atoms with van der Waals surface area (Å²) in [5, 5.41) is 17.0. The number of hydrogen-bond acceptors (Lipinski definition) is 5. The van der Waals surface area contributed by atoms with E-state index in [9.17, 15) is 24.3 Å². The molecule has 0 heterocycles. The topological polar surface area (TPSA) is 151 Å². The zero-order valence-electron chi connectivity index (χ0n) is 17.9. The molecule has 0 fully saturated rings. The van der Waals surface area contributed by atoms with E-state index in [1.54, 1.807) is 34.6 Å². The van der Waals surface area contributed by atoms with Gasteiger partial charge in [-0.1, -0.05) is 48.0 Å². The normalized spacial score (nSPS) is 16.6. The van der Waals surface area contributed by atoms with Gasteiger partial charge in [-0.3, -0.25) is 14.4 Å². The summed E-state index contributed by atoms with van der Waals surface area (Å²) in [6.07, 6.45) is 0.578. The average Bonchev–Trinajstić information content (AvgIpc) is 2.61. The molecule has 0 aliphatic heterocycles. The van der Waals surface area contributed by atoms with Crippen molar-refractivity contribution in [1.29, 1.82) is 0 Å². The number of hydrogen-bond donors (Lipinski definition) is 5. The molecule has 0 rings (SSSR count). The first kappa shape index (κ1) is 25.8. The predicted octanol–water partition coefficient (Wildman–Crippen LogP) is 0.231. The quantitative estimate of drug-likeness (QED) is 0.335. The second-order valence-electron chi connectivity index (χ2n) is 7.94. The van der Waals surface area contributed by atoms with Crippen LogP contribution in [0.5, 0.6) is 0 Å². The highest BCUT2D eigenvalue weighted by Crippen LogP contribution is 2.10. The van der Waals surface area contributed by atoms with E-state index in [0.717, 1.165) is 0 Å². The Labute approximate surface area is 167 Å². The van der Waals surface area contributed by atoms with Crippen molar-refractivity contribution in [1.82, 2.24) is 16.0 Å². The largest absolute Gasteiger partial charge is 0.480 e. The summed E-state index contributed by atoms with van der Waals surface area (Å²) in [5.74, 6) is -3.33. The Hall–Kier alpha value is -2.16. The highest BCUT2D eigenvalue weighted by atomic mass is 16.4. The number of carbonyl (C=O) groups is 4. The SMILES string of the molecule is CC[C@H](C)[C@H](NC(=O)[C@@H](NC(=O)[C@H](C)NC(=O)[C@@H](N)C(C)C)C(C)C)C(=O)O. The van der Waals surface area contributed by atoms with E-state index in [2.05, 4.69) is 16.0 Å². The van der Waals surface area contributed by atoms with Gasteiger partial charge >= 0.3 is 5.97 Å². The van der Waals surface area contributed by atoms with Crippen LogP contribution in [-0.2, 0) is 19.2 Å². The van der Waals surface area contributed by atoms with Crippen molar-refractivity contribution in [3.05, 3.63) is 0 Å². The van der Waals surface area contributed by atoms with Gasteiger partial charge in [-0.05, 0) is 24.7 Å². The van der Waals surface area contributed by atoms with Crippen LogP contribution in [0.1, 0.15) is 54.9 Å². The lowest BCUT2D eigenvalue weighted by molar-refractivity contribution is -0.144. The van der Waals surface area contributed by atoms with E-state index < -0.39 is 47.9 Å². The Morgan fingerprint density at radius 2 is 1.29 bits per heavy atom. The molecule has 0 aromatic heterocycles. The maximum atomic E-state index is 12.6. The van der Waals surface area contributed by atoms with Gasteiger partial charge in [0.15, 0.2) is 0 Å². The van der Waals surface area contributed by atoms with E-state index >= 15 is 0 Å². The second kappa shape index (κ2) is 11.6. The number of nitrogens with two attached hydrogens (primary N) is 1. The number of carbonyl (C=O) groups excluding carboxylic acids is 3. The van der Waals surface area contributed by atoms with E-state index in [1.165, 1.54) is 6.92 Å². The molecule has 0 aromatic carbocycles. The first-order chi connectivity index (χ1) is 12.8. The minimum Gasteiger partial charge on any atom is -0.480 e. The summed E-state index contributed by atoms with van der Waals surface area (Å²) in [4.78, 5) is 48.5. The highest BCUT2D eigenvalue weighted by Gasteiger charge is 2.32. The monoisotopic (exact) mass is 400 g/mol. The van der Waals surface area contributed by atoms with Gasteiger partial charge in [0, 0.05) is 0 Å². The average molecular weight is 401 g/mol. The van der Waals surface area contributed by atoms with Gasteiger partial charge in [0.1, 0.15) is 18.1 Å². The van der Waals surface area contributed by atoms with Crippen molar-refractivity contribution in [3.8, 4) is 0 Å². The van der Waals surface area contributed by atoms with Crippen LogP contribution in [0.15, 0.2) is 0 Å². The van der Waals surface area contributed by atoms with E-state index in [1.807, 2.05) is 6.92 Å². The third kappa shape index (κ3) is 7.84. The minimum absolute atomic E-state index is 0.0852. The lowest BCUT2D eigenvalue weighted by atomic mass is 9.97. The Balaban J connectivity index is 5.09. The minimum atomic E-state index is -1.13. The van der Waals surface area contributed by atoms with Crippen molar-refractivity contribution < 1.29 is 24.3 Å². The van der Waals surface area contributed by atoms with Crippen molar-refractivity contribution >= 4 is 23.7 Å². The van der Waals surface area contributed by atoms with Gasteiger partial charge in [0.05, 0.1) is 6.04 Å². The zero-order valence-corrected chi connectivity index (χ0v) is 17.9. The number of nitrogens with one attached hydrogen (secondary N) is 3. The molecule has 3 amide bonds. The van der Waals surface area contributed by atoms with Gasteiger partial charge in [0.2, 0.25) is 17.7 Å². The third-order valence-electron chi connectivity index (χ3n) is 4.80. The van der Waals surface area contributed by atoms with E-state index in [4.69, 9.17) is 5.73 Å². The lowest BCUT2D eigenvalue weighted by Crippen LogP contribution is -2.58. The molecule has 0 spiro atoms. The fraction of sp³-hybridized carbons (Fsp3) is 0.789. The molecule has 0 saturated heterocycles. The molecule has 0 bridgehead atoms. The Bertz CT molecular complexity index is 565.